The van der Waals surface area contributed by atoms with Gasteiger partial charge in [-0.25, -0.2) is 4.98 Å². The summed E-state index contributed by atoms with van der Waals surface area (Å²) in [6.07, 6.45) is 5.10. The van der Waals surface area contributed by atoms with Crippen LogP contribution in [0.2, 0.25) is 0 Å². The maximum absolute atomic E-state index is 12.5. The zero-order chi connectivity index (χ0) is 15.9. The van der Waals surface area contributed by atoms with Gasteiger partial charge in [-0.1, -0.05) is 0 Å². The molecule has 1 unspecified atom stereocenters. The van der Waals surface area contributed by atoms with E-state index in [1.165, 1.54) is 10.6 Å². The smallest absolute Gasteiger partial charge is 0.270 e. The first kappa shape index (κ1) is 17.4. The molecule has 0 saturated heterocycles. The van der Waals surface area contributed by atoms with Gasteiger partial charge in [0, 0.05) is 18.9 Å². The molecule has 0 aromatic carbocycles. The van der Waals surface area contributed by atoms with Gasteiger partial charge in [0.2, 0.25) is 0 Å². The molecule has 1 saturated carbocycles. The topological polar surface area (TPSA) is 89.5 Å². The highest BCUT2D eigenvalue weighted by Crippen LogP contribution is 2.39. The summed E-state index contributed by atoms with van der Waals surface area (Å²) in [5, 5.41) is 2.92. The number of nitrogens with zero attached hydrogens (tertiary/aromatic N) is 2. The molecule has 0 aliphatic heterocycles. The standard InChI is InChI=1S/C16H20N4O2.ClH/c1-10-5-6-20-13(7-10)18-8-12(15(20)22)14(21)19-16(2,9-17)11-3-4-11;/h5-8,11H,3-4,9,17H2,1-2H3,(H,19,21);1H. The molecule has 0 bridgehead atoms. The third-order valence-corrected chi connectivity index (χ3v) is 4.41. The van der Waals surface area contributed by atoms with Crippen LogP contribution in [0.25, 0.3) is 5.65 Å². The molecule has 1 fully saturated rings. The number of hydrogen-bond donors (Lipinski definition) is 2. The molecule has 3 rings (SSSR count). The van der Waals surface area contributed by atoms with Crippen LogP contribution in [-0.2, 0) is 0 Å². The van der Waals surface area contributed by atoms with E-state index in [1.54, 1.807) is 12.3 Å². The first-order valence-corrected chi connectivity index (χ1v) is 7.45. The summed E-state index contributed by atoms with van der Waals surface area (Å²) >= 11 is 0. The van der Waals surface area contributed by atoms with Crippen LogP contribution in [-0.4, -0.2) is 27.4 Å². The van der Waals surface area contributed by atoms with E-state index in [1.807, 2.05) is 19.9 Å². The van der Waals surface area contributed by atoms with Crippen molar-refractivity contribution < 1.29 is 4.79 Å². The second-order valence-electron chi connectivity index (χ2n) is 6.26. The lowest BCUT2D eigenvalue weighted by molar-refractivity contribution is 0.0895. The maximum Gasteiger partial charge on any atom is 0.270 e. The number of aryl methyl sites for hydroxylation is 1. The van der Waals surface area contributed by atoms with Gasteiger partial charge in [0.15, 0.2) is 0 Å². The Hall–Kier alpha value is -1.92. The number of hydrogen-bond acceptors (Lipinski definition) is 4. The van der Waals surface area contributed by atoms with Gasteiger partial charge in [0.1, 0.15) is 11.2 Å². The van der Waals surface area contributed by atoms with Crippen molar-refractivity contribution in [3.05, 3.63) is 46.0 Å². The third kappa shape index (κ3) is 3.23. The number of rotatable bonds is 4. The Morgan fingerprint density at radius 3 is 2.83 bits per heavy atom. The Morgan fingerprint density at radius 1 is 1.52 bits per heavy atom. The maximum atomic E-state index is 12.5. The Bertz CT molecular complexity index is 800. The molecule has 2 aromatic rings. The van der Waals surface area contributed by atoms with Gasteiger partial charge in [-0.3, -0.25) is 14.0 Å². The molecule has 124 valence electrons. The average molecular weight is 337 g/mol. The molecule has 2 heterocycles. The summed E-state index contributed by atoms with van der Waals surface area (Å²) in [5.74, 6) is -0.0207. The van der Waals surface area contributed by atoms with E-state index in [0.717, 1.165) is 18.4 Å². The number of nitrogens with one attached hydrogen (secondary N) is 1. The molecule has 1 atom stereocenters. The van der Waals surface area contributed by atoms with Crippen LogP contribution in [0.4, 0.5) is 0 Å². The second kappa shape index (κ2) is 6.29. The fourth-order valence-electron chi connectivity index (χ4n) is 2.70. The Balaban J connectivity index is 0.00000192. The molecule has 1 aliphatic rings. The lowest BCUT2D eigenvalue weighted by Gasteiger charge is -2.29. The highest BCUT2D eigenvalue weighted by Gasteiger charge is 2.41. The molecule has 0 spiro atoms. The van der Waals surface area contributed by atoms with E-state index >= 15 is 0 Å². The van der Waals surface area contributed by atoms with E-state index in [-0.39, 0.29) is 23.5 Å². The number of aromatic nitrogens is 2. The normalized spacial score (nSPS) is 16.5. The fourth-order valence-corrected chi connectivity index (χ4v) is 2.70. The number of fused-ring (bicyclic) bond motifs is 1. The molecule has 3 N–H and O–H groups in total. The van der Waals surface area contributed by atoms with Crippen LogP contribution in [0, 0.1) is 12.8 Å². The molecular formula is C16H21ClN4O2. The molecule has 6 nitrogen and oxygen atoms in total. The summed E-state index contributed by atoms with van der Waals surface area (Å²) < 4.78 is 1.39. The summed E-state index contributed by atoms with van der Waals surface area (Å²) in [6.45, 7) is 4.21. The van der Waals surface area contributed by atoms with Crippen molar-refractivity contribution in [3.8, 4) is 0 Å². The minimum absolute atomic E-state index is 0. The monoisotopic (exact) mass is 336 g/mol. The molecule has 23 heavy (non-hydrogen) atoms. The SMILES string of the molecule is Cc1ccn2c(=O)c(C(=O)NC(C)(CN)C3CC3)cnc2c1.Cl. The van der Waals surface area contributed by atoms with E-state index < -0.39 is 11.4 Å². The average Bonchev–Trinajstić information content (AvgIpc) is 3.32. The van der Waals surface area contributed by atoms with E-state index in [9.17, 15) is 9.59 Å². The highest BCUT2D eigenvalue weighted by molar-refractivity contribution is 5.94. The van der Waals surface area contributed by atoms with Gasteiger partial charge in [-0.15, -0.1) is 12.4 Å². The van der Waals surface area contributed by atoms with Gasteiger partial charge in [-0.05, 0) is 50.3 Å². The van der Waals surface area contributed by atoms with Crippen molar-refractivity contribution in [1.82, 2.24) is 14.7 Å². The number of carbonyl (C=O) groups excluding carboxylic acids is 1. The van der Waals surface area contributed by atoms with Gasteiger partial charge < -0.3 is 11.1 Å². The molecular weight excluding hydrogens is 316 g/mol. The predicted octanol–water partition coefficient (Wildman–Crippen LogP) is 1.28. The Labute approximate surface area is 140 Å². The van der Waals surface area contributed by atoms with Gasteiger partial charge in [0.05, 0.1) is 5.54 Å². The molecule has 0 radical (unpaired) electrons. The summed E-state index contributed by atoms with van der Waals surface area (Å²) in [7, 11) is 0. The minimum atomic E-state index is -0.462. The number of nitrogens with two attached hydrogens (primary N) is 1. The van der Waals surface area contributed by atoms with Crippen molar-refractivity contribution in [3.63, 3.8) is 0 Å². The first-order valence-electron chi connectivity index (χ1n) is 7.45. The van der Waals surface area contributed by atoms with Crippen LogP contribution < -0.4 is 16.6 Å². The largest absolute Gasteiger partial charge is 0.345 e. The van der Waals surface area contributed by atoms with Crippen LogP contribution in [0.1, 0.15) is 35.7 Å². The van der Waals surface area contributed by atoms with Crippen molar-refractivity contribution in [2.45, 2.75) is 32.2 Å². The Kier molecular flexibility index (Phi) is 4.77. The Morgan fingerprint density at radius 2 is 2.22 bits per heavy atom. The van der Waals surface area contributed by atoms with Crippen LogP contribution in [0.3, 0.4) is 0 Å². The van der Waals surface area contributed by atoms with Crippen molar-refractivity contribution in [2.24, 2.45) is 11.7 Å². The number of pyridine rings is 1. The number of amides is 1. The fraction of sp³-hybridized carbons (Fsp3) is 0.438. The summed E-state index contributed by atoms with van der Waals surface area (Å²) in [4.78, 5) is 29.1. The number of halogens is 1. The lowest BCUT2D eigenvalue weighted by Crippen LogP contribution is -2.54. The van der Waals surface area contributed by atoms with E-state index in [2.05, 4.69) is 10.3 Å². The quantitative estimate of drug-likeness (QED) is 0.880. The molecule has 2 aromatic heterocycles. The van der Waals surface area contributed by atoms with E-state index in [4.69, 9.17) is 5.73 Å². The predicted molar refractivity (Wildman–Crippen MR) is 91.1 cm³/mol. The second-order valence-corrected chi connectivity index (χ2v) is 6.26. The molecule has 1 amide bonds. The third-order valence-electron chi connectivity index (χ3n) is 4.41. The van der Waals surface area contributed by atoms with Gasteiger partial charge in [0.25, 0.3) is 11.5 Å². The van der Waals surface area contributed by atoms with Crippen LogP contribution in [0.5, 0.6) is 0 Å². The molecule has 7 heteroatoms. The van der Waals surface area contributed by atoms with E-state index in [0.29, 0.717) is 18.1 Å². The van der Waals surface area contributed by atoms with Crippen molar-refractivity contribution >= 4 is 24.0 Å². The van der Waals surface area contributed by atoms with Crippen molar-refractivity contribution in [2.75, 3.05) is 6.54 Å². The molecule has 1 aliphatic carbocycles. The first-order chi connectivity index (χ1) is 10.4. The number of carbonyl (C=O) groups is 1. The minimum Gasteiger partial charge on any atom is -0.345 e. The summed E-state index contributed by atoms with van der Waals surface area (Å²) in [5.41, 5.74) is 6.56. The lowest BCUT2D eigenvalue weighted by atomic mass is 9.95. The van der Waals surface area contributed by atoms with Crippen LogP contribution in [0.15, 0.2) is 29.3 Å². The van der Waals surface area contributed by atoms with Crippen LogP contribution >= 0.6 is 12.4 Å². The zero-order valence-corrected chi connectivity index (χ0v) is 14.0. The summed E-state index contributed by atoms with van der Waals surface area (Å²) in [6, 6.07) is 3.61. The van der Waals surface area contributed by atoms with Crippen molar-refractivity contribution in [1.29, 1.82) is 0 Å². The van der Waals surface area contributed by atoms with Gasteiger partial charge >= 0.3 is 0 Å². The van der Waals surface area contributed by atoms with Gasteiger partial charge in [-0.2, -0.15) is 0 Å². The highest BCUT2D eigenvalue weighted by atomic mass is 35.5. The zero-order valence-electron chi connectivity index (χ0n) is 13.2.